The summed E-state index contributed by atoms with van der Waals surface area (Å²) in [6, 6.07) is 4.52. The molecule has 0 N–H and O–H groups in total. The summed E-state index contributed by atoms with van der Waals surface area (Å²) in [5.74, 6) is 2.37. The van der Waals surface area contributed by atoms with E-state index < -0.39 is 46.8 Å². The molecular weight excluding hydrogens is 628 g/mol. The van der Waals surface area contributed by atoms with E-state index in [9.17, 15) is 30.9 Å². The molecule has 3 aliphatic carbocycles. The van der Waals surface area contributed by atoms with Crippen LogP contribution in [0, 0.1) is 33.2 Å². The highest BCUT2D eigenvalue weighted by Gasteiger charge is 2.55. The minimum atomic E-state index is -6.18. The summed E-state index contributed by atoms with van der Waals surface area (Å²) in [4.78, 5) is 12.4. The highest BCUT2D eigenvalue weighted by atomic mass is 127. The van der Waals surface area contributed by atoms with Gasteiger partial charge in [0.1, 0.15) is 5.75 Å². The molecule has 1 aromatic rings. The van der Waals surface area contributed by atoms with Crippen molar-refractivity contribution in [3.05, 3.63) is 27.3 Å². The molecule has 2 bridgehead atoms. The fourth-order valence-electron chi connectivity index (χ4n) is 6.16. The van der Waals surface area contributed by atoms with Gasteiger partial charge in [-0.15, -0.1) is 0 Å². The van der Waals surface area contributed by atoms with Gasteiger partial charge in [-0.1, -0.05) is 20.3 Å². The minimum Gasteiger partial charge on any atom is -0.743 e. The smallest absolute Gasteiger partial charge is 0.364 e. The van der Waals surface area contributed by atoms with Gasteiger partial charge in [-0.3, -0.25) is 0 Å². The fourth-order valence-corrected chi connectivity index (χ4v) is 7.06. The molecule has 7 atom stereocenters. The molecule has 0 saturated heterocycles. The average molecular weight is 659 g/mol. The number of esters is 1. The van der Waals surface area contributed by atoms with Gasteiger partial charge in [-0.05, 0) is 90.1 Å². The zero-order valence-electron chi connectivity index (χ0n) is 20.6. The first-order chi connectivity index (χ1) is 17.3. The predicted molar refractivity (Wildman–Crippen MR) is 135 cm³/mol. The lowest BCUT2D eigenvalue weighted by Crippen LogP contribution is -2.39. The Kier molecular flexibility index (Phi) is 8.71. The van der Waals surface area contributed by atoms with E-state index in [-0.39, 0.29) is 17.6 Å². The van der Waals surface area contributed by atoms with E-state index in [0.717, 1.165) is 27.7 Å². The van der Waals surface area contributed by atoms with Crippen molar-refractivity contribution in [2.24, 2.45) is 29.6 Å². The molecule has 7 nitrogen and oxygen atoms in total. The maximum absolute atomic E-state index is 13.6. The van der Waals surface area contributed by atoms with E-state index in [2.05, 4.69) is 22.6 Å². The molecule has 0 radical (unpaired) electrons. The van der Waals surface area contributed by atoms with Gasteiger partial charge in [0.15, 0.2) is 16.3 Å². The average Bonchev–Trinajstić information content (AvgIpc) is 3.52. The zero-order valence-corrected chi connectivity index (χ0v) is 23.6. The van der Waals surface area contributed by atoms with Crippen LogP contribution >= 0.6 is 22.6 Å². The molecule has 3 saturated carbocycles. The highest BCUT2D eigenvalue weighted by molar-refractivity contribution is 14.1. The van der Waals surface area contributed by atoms with Crippen LogP contribution in [0.4, 0.5) is 13.2 Å². The van der Waals surface area contributed by atoms with E-state index in [0.29, 0.717) is 11.7 Å². The number of carbonyl (C=O) groups excluding carboxylic acids is 1. The SMILES string of the molecule is CC(C)C(Oc1cc(C(=O)OCCC(F)C(F)(F)S(=O)(=O)[O-])ccc1I)OC1CC2CC1C1CCCC21. The first kappa shape index (κ1) is 28.9. The standard InChI is InChI=1S/C25H32F3IO7S/c1-13(2)24(35-20-12-15-10-18(20)17-5-3-4-16(15)17)36-21-11-14(6-7-19(21)29)23(30)34-9-8-22(26)25(27,28)37(31,32)33/h6-7,11,13,15-18,20,22,24H,3-5,8-10,12H2,1-2H3,(H,31,32,33)/p-1. The molecule has 3 fully saturated rings. The van der Waals surface area contributed by atoms with E-state index in [1.54, 1.807) is 6.07 Å². The van der Waals surface area contributed by atoms with Crippen LogP contribution in [0.2, 0.25) is 0 Å². The Morgan fingerprint density at radius 1 is 1.19 bits per heavy atom. The number of benzene rings is 1. The van der Waals surface area contributed by atoms with Gasteiger partial charge < -0.3 is 18.8 Å². The highest BCUT2D eigenvalue weighted by Crippen LogP contribution is 2.59. The second-order valence-corrected chi connectivity index (χ2v) is 13.2. The predicted octanol–water partition coefficient (Wildman–Crippen LogP) is 5.52. The van der Waals surface area contributed by atoms with Crippen molar-refractivity contribution in [3.8, 4) is 5.75 Å². The Bertz CT molecular complexity index is 1100. The van der Waals surface area contributed by atoms with Crippen LogP contribution in [0.15, 0.2) is 18.2 Å². The fraction of sp³-hybridized carbons (Fsp3) is 0.720. The Morgan fingerprint density at radius 2 is 1.89 bits per heavy atom. The van der Waals surface area contributed by atoms with E-state index in [4.69, 9.17) is 14.2 Å². The summed E-state index contributed by atoms with van der Waals surface area (Å²) in [6.45, 7) is 3.15. The second-order valence-electron chi connectivity index (χ2n) is 10.6. The summed E-state index contributed by atoms with van der Waals surface area (Å²) >= 11 is 2.06. The van der Waals surface area contributed by atoms with Crippen LogP contribution in [0.25, 0.3) is 0 Å². The lowest BCUT2D eigenvalue weighted by molar-refractivity contribution is -0.162. The lowest BCUT2D eigenvalue weighted by Gasteiger charge is -2.35. The first-order valence-corrected chi connectivity index (χ1v) is 15.0. The minimum absolute atomic E-state index is 0.0327. The van der Waals surface area contributed by atoms with Gasteiger partial charge >= 0.3 is 11.2 Å². The molecule has 0 heterocycles. The third-order valence-corrected chi connectivity index (χ3v) is 9.75. The van der Waals surface area contributed by atoms with Crippen molar-refractivity contribution in [1.82, 2.24) is 0 Å². The molecule has 3 aliphatic rings. The second kappa shape index (κ2) is 11.2. The molecule has 0 amide bonds. The van der Waals surface area contributed by atoms with Gasteiger partial charge in [0.2, 0.25) is 6.29 Å². The molecule has 37 heavy (non-hydrogen) atoms. The van der Waals surface area contributed by atoms with Crippen LogP contribution in [-0.4, -0.2) is 49.4 Å². The summed E-state index contributed by atoms with van der Waals surface area (Å²) < 4.78 is 90.0. The Labute approximate surface area is 228 Å². The molecule has 0 spiro atoms. The van der Waals surface area contributed by atoms with Gasteiger partial charge in [0.25, 0.3) is 0 Å². The van der Waals surface area contributed by atoms with Crippen LogP contribution in [0.3, 0.4) is 0 Å². The molecule has 208 valence electrons. The van der Waals surface area contributed by atoms with Crippen molar-refractivity contribution in [1.29, 1.82) is 0 Å². The largest absolute Gasteiger partial charge is 0.743 e. The number of ether oxygens (including phenoxy) is 3. The number of carbonyl (C=O) groups is 1. The van der Waals surface area contributed by atoms with Crippen LogP contribution < -0.4 is 4.74 Å². The van der Waals surface area contributed by atoms with Crippen molar-refractivity contribution >= 4 is 38.7 Å². The lowest BCUT2D eigenvalue weighted by atomic mass is 9.80. The molecular formula is C25H31F3IO7S-. The molecule has 7 unspecified atom stereocenters. The van der Waals surface area contributed by atoms with Crippen molar-refractivity contribution in [3.63, 3.8) is 0 Å². The van der Waals surface area contributed by atoms with Crippen molar-refractivity contribution < 1.29 is 45.1 Å². The topological polar surface area (TPSA) is 102 Å². The van der Waals surface area contributed by atoms with E-state index in [1.807, 2.05) is 13.8 Å². The maximum atomic E-state index is 13.6. The van der Waals surface area contributed by atoms with Crippen LogP contribution in [0.1, 0.15) is 62.7 Å². The Hall–Kier alpha value is -1.12. The summed E-state index contributed by atoms with van der Waals surface area (Å²) in [5, 5.41) is -5.10. The van der Waals surface area contributed by atoms with Crippen LogP contribution in [0.5, 0.6) is 5.75 Å². The Morgan fingerprint density at radius 3 is 2.57 bits per heavy atom. The molecule has 0 aliphatic heterocycles. The summed E-state index contributed by atoms with van der Waals surface area (Å²) in [7, 11) is -6.18. The number of hydrogen-bond acceptors (Lipinski definition) is 7. The number of fused-ring (bicyclic) bond motifs is 5. The van der Waals surface area contributed by atoms with Gasteiger partial charge in [0, 0.05) is 12.3 Å². The zero-order chi connectivity index (χ0) is 27.1. The number of alkyl halides is 3. The quantitative estimate of drug-likeness (QED) is 0.134. The summed E-state index contributed by atoms with van der Waals surface area (Å²) in [6.07, 6.45) is 1.33. The third-order valence-electron chi connectivity index (χ3n) is 7.93. The van der Waals surface area contributed by atoms with Crippen LogP contribution in [-0.2, 0) is 19.6 Å². The molecule has 1 aromatic carbocycles. The molecule has 12 heteroatoms. The van der Waals surface area contributed by atoms with Gasteiger partial charge in [0.05, 0.1) is 21.8 Å². The van der Waals surface area contributed by atoms with Gasteiger partial charge in [-0.25, -0.2) is 17.6 Å². The third kappa shape index (κ3) is 6.06. The number of rotatable bonds is 11. The molecule has 4 rings (SSSR count). The normalized spacial score (nSPS) is 28.8. The number of halogens is 4. The summed E-state index contributed by atoms with van der Waals surface area (Å²) in [5.41, 5.74) is 0.0465. The van der Waals surface area contributed by atoms with E-state index in [1.165, 1.54) is 37.8 Å². The molecule has 0 aromatic heterocycles. The van der Waals surface area contributed by atoms with Gasteiger partial charge in [-0.2, -0.15) is 8.78 Å². The Balaban J connectivity index is 1.36. The number of hydrogen-bond donors (Lipinski definition) is 0. The maximum Gasteiger partial charge on any atom is 0.364 e. The van der Waals surface area contributed by atoms with Crippen molar-refractivity contribution in [2.75, 3.05) is 6.61 Å². The van der Waals surface area contributed by atoms with E-state index >= 15 is 0 Å². The van der Waals surface area contributed by atoms with Crippen molar-refractivity contribution in [2.45, 2.75) is 76.2 Å². The monoisotopic (exact) mass is 659 g/mol. The first-order valence-electron chi connectivity index (χ1n) is 12.6.